The molecule has 1 aromatic carbocycles. The average Bonchev–Trinajstić information content (AvgIpc) is 2.60. The Balaban J connectivity index is 2.19. The Morgan fingerprint density at radius 2 is 1.79 bits per heavy atom. The number of rotatable bonds is 5. The number of carbonyl (C=O) groups excluding carboxylic acids is 1. The summed E-state index contributed by atoms with van der Waals surface area (Å²) in [4.78, 5) is 16.2. The third kappa shape index (κ3) is 4.03. The number of aromatic nitrogens is 1. The first-order chi connectivity index (χ1) is 11.3. The lowest BCUT2D eigenvalue weighted by molar-refractivity contribution is 0.0954. The fraction of sp³-hybridized carbons (Fsp3) is 0.188. The summed E-state index contributed by atoms with van der Waals surface area (Å²) < 4.78 is 25.3. The van der Waals surface area contributed by atoms with Gasteiger partial charge in [0.15, 0.2) is 0 Å². The van der Waals surface area contributed by atoms with Crippen LogP contribution >= 0.6 is 0 Å². The molecule has 126 valence electrons. The van der Waals surface area contributed by atoms with E-state index < -0.39 is 15.9 Å². The molecule has 24 heavy (non-hydrogen) atoms. The minimum atomic E-state index is -3.60. The summed E-state index contributed by atoms with van der Waals surface area (Å²) >= 11 is 0. The molecule has 0 bridgehead atoms. The van der Waals surface area contributed by atoms with Crippen molar-refractivity contribution >= 4 is 21.6 Å². The predicted octanol–water partition coefficient (Wildman–Crippen LogP) is 1.49. The van der Waals surface area contributed by atoms with Gasteiger partial charge in [-0.2, -0.15) is 5.10 Å². The quantitative estimate of drug-likeness (QED) is 0.656. The van der Waals surface area contributed by atoms with Crippen LogP contribution in [0.5, 0.6) is 0 Å². The molecule has 0 aliphatic rings. The number of nitrogens with zero attached hydrogens (tertiary/aromatic N) is 3. The van der Waals surface area contributed by atoms with Crippen LogP contribution in [0, 0.1) is 0 Å². The maximum atomic E-state index is 12.2. The third-order valence-corrected chi connectivity index (χ3v) is 5.11. The van der Waals surface area contributed by atoms with Gasteiger partial charge in [-0.15, -0.1) is 0 Å². The smallest absolute Gasteiger partial charge is 0.267 e. The van der Waals surface area contributed by atoms with E-state index in [9.17, 15) is 13.2 Å². The normalized spacial score (nSPS) is 12.2. The lowest BCUT2D eigenvalue weighted by Crippen LogP contribution is -2.23. The average molecular weight is 346 g/mol. The standard InChI is InChI=1S/C16H18N4O3S/c1-12(13-7-9-17-10-8-13)18-19-16(21)14-5-4-6-15(11-14)24(22,23)20(2)3/h4-11H,1-3H3,(H,19,21)/b18-12-. The second kappa shape index (κ2) is 7.33. The van der Waals surface area contributed by atoms with Crippen molar-refractivity contribution in [1.29, 1.82) is 0 Å². The molecule has 0 radical (unpaired) electrons. The van der Waals surface area contributed by atoms with Crippen molar-refractivity contribution in [2.75, 3.05) is 14.1 Å². The molecule has 0 spiro atoms. The summed E-state index contributed by atoms with van der Waals surface area (Å²) in [7, 11) is -0.727. The Morgan fingerprint density at radius 1 is 1.12 bits per heavy atom. The first kappa shape index (κ1) is 17.8. The van der Waals surface area contributed by atoms with Crippen molar-refractivity contribution in [3.05, 3.63) is 59.9 Å². The highest BCUT2D eigenvalue weighted by atomic mass is 32.2. The maximum Gasteiger partial charge on any atom is 0.271 e. The number of hydrazone groups is 1. The van der Waals surface area contributed by atoms with Crippen LogP contribution in [0.1, 0.15) is 22.8 Å². The molecule has 0 saturated carbocycles. The van der Waals surface area contributed by atoms with E-state index in [1.54, 1.807) is 31.5 Å². The fourth-order valence-corrected chi connectivity index (χ4v) is 2.81. The second-order valence-electron chi connectivity index (χ2n) is 5.19. The zero-order chi connectivity index (χ0) is 17.7. The van der Waals surface area contributed by atoms with E-state index in [4.69, 9.17) is 0 Å². The Labute approximate surface area is 141 Å². The predicted molar refractivity (Wildman–Crippen MR) is 91.2 cm³/mol. The van der Waals surface area contributed by atoms with Crippen LogP contribution in [0.4, 0.5) is 0 Å². The summed E-state index contributed by atoms with van der Waals surface area (Å²) in [5.74, 6) is -0.487. The van der Waals surface area contributed by atoms with Gasteiger partial charge in [0, 0.05) is 37.6 Å². The molecule has 0 atom stereocenters. The molecule has 7 nitrogen and oxygen atoms in total. The van der Waals surface area contributed by atoms with E-state index in [1.807, 2.05) is 0 Å². The van der Waals surface area contributed by atoms with Crippen LogP contribution in [0.15, 0.2) is 58.8 Å². The molecule has 1 heterocycles. The van der Waals surface area contributed by atoms with Crippen molar-refractivity contribution in [2.45, 2.75) is 11.8 Å². The van der Waals surface area contributed by atoms with E-state index in [-0.39, 0.29) is 10.5 Å². The summed E-state index contributed by atoms with van der Waals surface area (Å²) in [6.07, 6.45) is 3.26. The van der Waals surface area contributed by atoms with Gasteiger partial charge in [0.05, 0.1) is 10.6 Å². The highest BCUT2D eigenvalue weighted by molar-refractivity contribution is 7.89. The molecule has 1 amide bonds. The number of pyridine rings is 1. The van der Waals surface area contributed by atoms with Crippen LogP contribution in [0.2, 0.25) is 0 Å². The Morgan fingerprint density at radius 3 is 2.42 bits per heavy atom. The van der Waals surface area contributed by atoms with Gasteiger partial charge in [0.2, 0.25) is 10.0 Å². The number of hydrogen-bond donors (Lipinski definition) is 1. The Bertz CT molecular complexity index is 862. The summed E-state index contributed by atoms with van der Waals surface area (Å²) in [6, 6.07) is 9.36. The van der Waals surface area contributed by atoms with Crippen LogP contribution in [-0.2, 0) is 10.0 Å². The molecule has 0 fully saturated rings. The molecule has 0 saturated heterocycles. The highest BCUT2D eigenvalue weighted by Crippen LogP contribution is 2.14. The van der Waals surface area contributed by atoms with E-state index in [2.05, 4.69) is 15.5 Å². The van der Waals surface area contributed by atoms with Gasteiger partial charge in [-0.05, 0) is 37.3 Å². The van der Waals surface area contributed by atoms with Crippen molar-refractivity contribution < 1.29 is 13.2 Å². The van der Waals surface area contributed by atoms with Gasteiger partial charge >= 0.3 is 0 Å². The molecular weight excluding hydrogens is 328 g/mol. The molecule has 2 aromatic rings. The summed E-state index contributed by atoms with van der Waals surface area (Å²) in [6.45, 7) is 1.75. The van der Waals surface area contributed by atoms with E-state index in [0.29, 0.717) is 5.71 Å². The molecule has 0 unspecified atom stereocenters. The number of sulfonamides is 1. The molecule has 2 rings (SSSR count). The Hall–Kier alpha value is -2.58. The van der Waals surface area contributed by atoms with Gasteiger partial charge in [-0.25, -0.2) is 18.1 Å². The van der Waals surface area contributed by atoms with Gasteiger partial charge in [0.25, 0.3) is 5.91 Å². The molecule has 8 heteroatoms. The first-order valence-corrected chi connectivity index (χ1v) is 8.54. The molecule has 0 aliphatic heterocycles. The van der Waals surface area contributed by atoms with Crippen molar-refractivity contribution in [1.82, 2.24) is 14.7 Å². The number of nitrogens with one attached hydrogen (secondary N) is 1. The van der Waals surface area contributed by atoms with Gasteiger partial charge in [-0.1, -0.05) is 6.07 Å². The van der Waals surface area contributed by atoms with Crippen LogP contribution in [-0.4, -0.2) is 43.4 Å². The first-order valence-electron chi connectivity index (χ1n) is 7.10. The van der Waals surface area contributed by atoms with Crippen LogP contribution in [0.3, 0.4) is 0 Å². The summed E-state index contributed by atoms with van der Waals surface area (Å²) in [5, 5.41) is 4.03. The zero-order valence-electron chi connectivity index (χ0n) is 13.6. The van der Waals surface area contributed by atoms with Crippen molar-refractivity contribution in [3.8, 4) is 0 Å². The lowest BCUT2D eigenvalue weighted by Gasteiger charge is -2.12. The number of carbonyl (C=O) groups is 1. The Kier molecular flexibility index (Phi) is 5.42. The van der Waals surface area contributed by atoms with E-state index in [0.717, 1.165) is 9.87 Å². The second-order valence-corrected chi connectivity index (χ2v) is 7.34. The minimum Gasteiger partial charge on any atom is -0.267 e. The molecule has 0 aliphatic carbocycles. The number of amides is 1. The summed E-state index contributed by atoms with van der Waals surface area (Å²) in [5.41, 5.74) is 4.08. The van der Waals surface area contributed by atoms with Crippen LogP contribution < -0.4 is 5.43 Å². The molecule has 1 aromatic heterocycles. The third-order valence-electron chi connectivity index (χ3n) is 3.30. The van der Waals surface area contributed by atoms with Gasteiger partial charge < -0.3 is 0 Å². The number of benzene rings is 1. The van der Waals surface area contributed by atoms with Crippen molar-refractivity contribution in [3.63, 3.8) is 0 Å². The SMILES string of the molecule is C/C(=N/NC(=O)c1cccc(S(=O)(=O)N(C)C)c1)c1ccncc1. The zero-order valence-corrected chi connectivity index (χ0v) is 14.4. The molecule has 1 N–H and O–H groups in total. The minimum absolute atomic E-state index is 0.0509. The maximum absolute atomic E-state index is 12.2. The van der Waals surface area contributed by atoms with Crippen molar-refractivity contribution in [2.24, 2.45) is 5.10 Å². The lowest BCUT2D eigenvalue weighted by atomic mass is 10.2. The largest absolute Gasteiger partial charge is 0.271 e. The van der Waals surface area contributed by atoms with Crippen LogP contribution in [0.25, 0.3) is 0 Å². The molecular formula is C16H18N4O3S. The fourth-order valence-electron chi connectivity index (χ4n) is 1.87. The topological polar surface area (TPSA) is 91.7 Å². The van der Waals surface area contributed by atoms with E-state index in [1.165, 1.54) is 38.4 Å². The van der Waals surface area contributed by atoms with E-state index >= 15 is 0 Å². The number of hydrogen-bond acceptors (Lipinski definition) is 5. The van der Waals surface area contributed by atoms with Gasteiger partial charge in [-0.3, -0.25) is 9.78 Å². The monoisotopic (exact) mass is 346 g/mol. The highest BCUT2D eigenvalue weighted by Gasteiger charge is 2.18. The van der Waals surface area contributed by atoms with Gasteiger partial charge in [0.1, 0.15) is 0 Å².